The van der Waals surface area contributed by atoms with E-state index in [0.29, 0.717) is 20.5 Å². The van der Waals surface area contributed by atoms with Gasteiger partial charge < -0.3 is 4.42 Å². The summed E-state index contributed by atoms with van der Waals surface area (Å²) < 4.78 is 5.94. The van der Waals surface area contributed by atoms with Crippen LogP contribution in [0.25, 0.3) is 0 Å². The van der Waals surface area contributed by atoms with E-state index in [9.17, 15) is 0 Å². The highest BCUT2D eigenvalue weighted by Crippen LogP contribution is 2.26. The van der Waals surface area contributed by atoms with Gasteiger partial charge in [0, 0.05) is 0 Å². The van der Waals surface area contributed by atoms with Gasteiger partial charge in [-0.2, -0.15) is 0 Å². The normalized spacial score (nSPS) is 11.2. The van der Waals surface area contributed by atoms with E-state index in [0.717, 1.165) is 5.69 Å². The molecule has 0 N–H and O–H groups in total. The topological polar surface area (TPSA) is 25.5 Å². The number of halogens is 3. The number of aliphatic imine (C=N–C) groups is 1. The average Bonchev–Trinajstić information content (AvgIpc) is 2.66. The molecule has 0 unspecified atom stereocenters. The molecule has 1 aromatic heterocycles. The summed E-state index contributed by atoms with van der Waals surface area (Å²) in [7, 11) is 0. The summed E-state index contributed by atoms with van der Waals surface area (Å²) in [5, 5.41) is 0.998. The van der Waals surface area contributed by atoms with Gasteiger partial charge in [0.2, 0.25) is 0 Å². The van der Waals surface area contributed by atoms with Crippen molar-refractivity contribution in [2.75, 3.05) is 0 Å². The van der Waals surface area contributed by atoms with Crippen LogP contribution in [-0.2, 0) is 0 Å². The molecule has 0 spiro atoms. The third-order valence-electron chi connectivity index (χ3n) is 1.84. The lowest BCUT2D eigenvalue weighted by atomic mass is 10.3. The van der Waals surface area contributed by atoms with E-state index in [1.165, 1.54) is 0 Å². The smallest absolute Gasteiger partial charge is 0.169 e. The summed E-state index contributed by atoms with van der Waals surface area (Å²) in [6.07, 6.45) is 1.62. The van der Waals surface area contributed by atoms with E-state index in [1.807, 2.05) is 6.07 Å². The van der Waals surface area contributed by atoms with Crippen molar-refractivity contribution < 1.29 is 4.42 Å². The first-order chi connectivity index (χ1) is 7.65. The second-order valence-corrected chi connectivity index (χ2v) is 4.59. The highest BCUT2D eigenvalue weighted by Gasteiger charge is 1.98. The maximum absolute atomic E-state index is 5.86. The molecule has 0 saturated heterocycles. The van der Waals surface area contributed by atoms with Crippen LogP contribution in [0.2, 0.25) is 10.0 Å². The van der Waals surface area contributed by atoms with E-state index < -0.39 is 0 Å². The average molecular weight is 319 g/mol. The summed E-state index contributed by atoms with van der Waals surface area (Å²) in [6.45, 7) is 0. The largest absolute Gasteiger partial charge is 0.448 e. The molecule has 2 aromatic rings. The number of furan rings is 1. The molecule has 0 aliphatic carbocycles. The molecule has 16 heavy (non-hydrogen) atoms. The van der Waals surface area contributed by atoms with Crippen molar-refractivity contribution in [3.63, 3.8) is 0 Å². The highest BCUT2D eigenvalue weighted by atomic mass is 79.9. The molecule has 2 nitrogen and oxygen atoms in total. The fourth-order valence-electron chi connectivity index (χ4n) is 1.10. The Balaban J connectivity index is 2.20. The van der Waals surface area contributed by atoms with Gasteiger partial charge in [-0.3, -0.25) is 4.99 Å². The predicted octanol–water partition coefficient (Wildman–Crippen LogP) is 5.10. The van der Waals surface area contributed by atoms with Gasteiger partial charge in [0.15, 0.2) is 4.67 Å². The third-order valence-corrected chi connectivity index (χ3v) is 3.00. The van der Waals surface area contributed by atoms with E-state index in [2.05, 4.69) is 20.9 Å². The van der Waals surface area contributed by atoms with Gasteiger partial charge in [-0.05, 0) is 46.3 Å². The fraction of sp³-hybridized carbons (Fsp3) is 0. The third kappa shape index (κ3) is 2.88. The Bertz CT molecular complexity index is 537. The van der Waals surface area contributed by atoms with E-state index in [-0.39, 0.29) is 0 Å². The molecular weight excluding hydrogens is 313 g/mol. The molecule has 0 aliphatic heterocycles. The maximum Gasteiger partial charge on any atom is 0.169 e. The van der Waals surface area contributed by atoms with Crippen LogP contribution in [0.3, 0.4) is 0 Å². The quantitative estimate of drug-likeness (QED) is 0.707. The van der Waals surface area contributed by atoms with Crippen LogP contribution in [0.15, 0.2) is 44.4 Å². The molecule has 82 valence electrons. The summed E-state index contributed by atoms with van der Waals surface area (Å²) in [6, 6.07) is 8.79. The molecule has 0 atom stereocenters. The Morgan fingerprint density at radius 1 is 1.12 bits per heavy atom. The van der Waals surface area contributed by atoms with Gasteiger partial charge in [-0.1, -0.05) is 23.2 Å². The van der Waals surface area contributed by atoms with Gasteiger partial charge in [-0.15, -0.1) is 0 Å². The molecule has 0 aliphatic rings. The molecule has 0 saturated carbocycles. The highest BCUT2D eigenvalue weighted by molar-refractivity contribution is 9.10. The van der Waals surface area contributed by atoms with Crippen LogP contribution < -0.4 is 0 Å². The zero-order valence-electron chi connectivity index (χ0n) is 7.95. The van der Waals surface area contributed by atoms with Gasteiger partial charge in [0.05, 0.1) is 21.9 Å². The first-order valence-electron chi connectivity index (χ1n) is 4.39. The van der Waals surface area contributed by atoms with Crippen molar-refractivity contribution in [3.8, 4) is 0 Å². The Morgan fingerprint density at radius 3 is 2.56 bits per heavy atom. The van der Waals surface area contributed by atoms with Crippen LogP contribution >= 0.6 is 39.1 Å². The standard InChI is InChI=1S/C11H6BrCl2NO/c12-11-4-2-8(16-11)6-15-7-1-3-9(13)10(14)5-7/h1-6H. The SMILES string of the molecule is Clc1ccc(N=Cc2ccc(Br)o2)cc1Cl. The van der Waals surface area contributed by atoms with E-state index in [1.54, 1.807) is 30.5 Å². The lowest BCUT2D eigenvalue weighted by Gasteiger charge is -1.96. The van der Waals surface area contributed by atoms with Crippen LogP contribution in [0.5, 0.6) is 0 Å². The zero-order chi connectivity index (χ0) is 11.5. The van der Waals surface area contributed by atoms with Crippen molar-refractivity contribution in [1.82, 2.24) is 0 Å². The van der Waals surface area contributed by atoms with Crippen LogP contribution in [0.4, 0.5) is 5.69 Å². The second kappa shape index (κ2) is 5.04. The number of hydrogen-bond donors (Lipinski definition) is 0. The number of benzene rings is 1. The molecular formula is C11H6BrCl2NO. The zero-order valence-corrected chi connectivity index (χ0v) is 11.1. The number of rotatable bonds is 2. The van der Waals surface area contributed by atoms with Crippen molar-refractivity contribution in [2.24, 2.45) is 4.99 Å². The molecule has 1 aromatic carbocycles. The van der Waals surface area contributed by atoms with Gasteiger partial charge in [0.1, 0.15) is 5.76 Å². The van der Waals surface area contributed by atoms with Gasteiger partial charge in [0.25, 0.3) is 0 Å². The summed E-state index contributed by atoms with van der Waals surface area (Å²) in [5.41, 5.74) is 0.724. The minimum atomic E-state index is 0.483. The predicted molar refractivity (Wildman–Crippen MR) is 70.1 cm³/mol. The van der Waals surface area contributed by atoms with Crippen molar-refractivity contribution in [1.29, 1.82) is 0 Å². The van der Waals surface area contributed by atoms with E-state index in [4.69, 9.17) is 27.6 Å². The number of nitrogens with zero attached hydrogens (tertiary/aromatic N) is 1. The van der Waals surface area contributed by atoms with Crippen molar-refractivity contribution in [3.05, 3.63) is 50.8 Å². The lowest BCUT2D eigenvalue weighted by Crippen LogP contribution is -1.74. The van der Waals surface area contributed by atoms with Gasteiger partial charge in [-0.25, -0.2) is 0 Å². The molecule has 0 bridgehead atoms. The molecule has 0 amide bonds. The second-order valence-electron chi connectivity index (χ2n) is 3.00. The Morgan fingerprint density at radius 2 is 1.94 bits per heavy atom. The summed E-state index contributed by atoms with van der Waals surface area (Å²) in [5.74, 6) is 0.665. The molecule has 2 rings (SSSR count). The fourth-order valence-corrected chi connectivity index (χ4v) is 1.71. The summed E-state index contributed by atoms with van der Waals surface area (Å²) in [4.78, 5) is 4.21. The maximum atomic E-state index is 5.86. The number of hydrogen-bond acceptors (Lipinski definition) is 2. The minimum absolute atomic E-state index is 0.483. The van der Waals surface area contributed by atoms with Crippen LogP contribution in [0, 0.1) is 0 Å². The Hall–Kier alpha value is -0.770. The molecule has 5 heteroatoms. The van der Waals surface area contributed by atoms with Gasteiger partial charge >= 0.3 is 0 Å². The van der Waals surface area contributed by atoms with Crippen molar-refractivity contribution >= 4 is 51.0 Å². The Labute approximate surface area is 111 Å². The molecule has 1 heterocycles. The first-order valence-corrected chi connectivity index (χ1v) is 5.94. The monoisotopic (exact) mass is 317 g/mol. The van der Waals surface area contributed by atoms with Crippen LogP contribution in [-0.4, -0.2) is 6.21 Å². The lowest BCUT2D eigenvalue weighted by molar-refractivity contribution is 0.535. The van der Waals surface area contributed by atoms with Crippen LogP contribution in [0.1, 0.15) is 5.76 Å². The first kappa shape index (κ1) is 11.7. The molecule has 0 radical (unpaired) electrons. The van der Waals surface area contributed by atoms with Crippen molar-refractivity contribution in [2.45, 2.75) is 0 Å². The Kier molecular flexibility index (Phi) is 3.69. The van der Waals surface area contributed by atoms with E-state index >= 15 is 0 Å². The minimum Gasteiger partial charge on any atom is -0.448 e. The molecule has 0 fully saturated rings. The summed E-state index contributed by atoms with van der Waals surface area (Å²) >= 11 is 14.9.